The van der Waals surface area contributed by atoms with E-state index in [2.05, 4.69) is 26.8 Å². The van der Waals surface area contributed by atoms with Gasteiger partial charge in [-0.1, -0.05) is 39.8 Å². The Balaban J connectivity index is 2.81. The molecule has 0 saturated carbocycles. The van der Waals surface area contributed by atoms with E-state index in [0.717, 1.165) is 12.0 Å². The van der Waals surface area contributed by atoms with E-state index >= 15 is 0 Å². The molecule has 0 spiro atoms. The molecule has 0 aliphatic carbocycles. The van der Waals surface area contributed by atoms with Crippen LogP contribution < -0.4 is 4.74 Å². The maximum absolute atomic E-state index is 12.4. The van der Waals surface area contributed by atoms with Gasteiger partial charge in [0.25, 0.3) is 5.91 Å². The summed E-state index contributed by atoms with van der Waals surface area (Å²) in [5.74, 6) is 0.534. The monoisotopic (exact) mass is 302 g/mol. The number of rotatable bonds is 6. The van der Waals surface area contributed by atoms with E-state index in [1.54, 1.807) is 6.92 Å². The third-order valence-electron chi connectivity index (χ3n) is 3.43. The lowest BCUT2D eigenvalue weighted by Gasteiger charge is -2.24. The summed E-state index contributed by atoms with van der Waals surface area (Å²) < 4.78 is 5.78. The lowest BCUT2D eigenvalue weighted by molar-refractivity contribution is -0.137. The van der Waals surface area contributed by atoms with Crippen molar-refractivity contribution >= 4 is 5.91 Å². The first-order chi connectivity index (χ1) is 10.3. The van der Waals surface area contributed by atoms with Crippen molar-refractivity contribution in [2.24, 2.45) is 0 Å². The molecule has 1 unspecified atom stereocenters. The van der Waals surface area contributed by atoms with Crippen molar-refractivity contribution in [3.05, 3.63) is 29.8 Å². The van der Waals surface area contributed by atoms with Gasteiger partial charge in [0.05, 0.1) is 6.07 Å². The van der Waals surface area contributed by atoms with Crippen LogP contribution >= 0.6 is 0 Å². The average Bonchev–Trinajstić information content (AvgIpc) is 2.45. The molecule has 0 bridgehead atoms. The van der Waals surface area contributed by atoms with E-state index in [-0.39, 0.29) is 17.9 Å². The van der Waals surface area contributed by atoms with E-state index in [4.69, 9.17) is 10.00 Å². The Bertz CT molecular complexity index is 541. The zero-order valence-electron chi connectivity index (χ0n) is 14.2. The molecule has 1 amide bonds. The lowest BCUT2D eigenvalue weighted by Crippen LogP contribution is -2.41. The third kappa shape index (κ3) is 5.07. The SMILES string of the molecule is CCCN(CC#N)C(=O)C(C)Oc1cccc(C(C)(C)C)c1. The molecule has 1 aromatic carbocycles. The maximum Gasteiger partial charge on any atom is 0.264 e. The second kappa shape index (κ2) is 7.84. The minimum atomic E-state index is -0.602. The summed E-state index contributed by atoms with van der Waals surface area (Å²) in [7, 11) is 0. The number of ether oxygens (including phenoxy) is 1. The Morgan fingerprint density at radius 1 is 1.41 bits per heavy atom. The smallest absolute Gasteiger partial charge is 0.264 e. The Labute approximate surface area is 133 Å². The fourth-order valence-corrected chi connectivity index (χ4v) is 2.17. The highest BCUT2D eigenvalue weighted by Crippen LogP contribution is 2.26. The number of amides is 1. The molecule has 1 aromatic rings. The van der Waals surface area contributed by atoms with Crippen molar-refractivity contribution in [3.8, 4) is 11.8 Å². The van der Waals surface area contributed by atoms with Crippen molar-refractivity contribution in [1.29, 1.82) is 5.26 Å². The van der Waals surface area contributed by atoms with Crippen LogP contribution in [0.2, 0.25) is 0 Å². The molecule has 0 aromatic heterocycles. The van der Waals surface area contributed by atoms with Crippen molar-refractivity contribution in [1.82, 2.24) is 4.90 Å². The summed E-state index contributed by atoms with van der Waals surface area (Å²) >= 11 is 0. The number of nitrogens with zero attached hydrogens (tertiary/aromatic N) is 2. The number of carbonyl (C=O) groups is 1. The molecular weight excluding hydrogens is 276 g/mol. The first-order valence-electron chi connectivity index (χ1n) is 7.72. The van der Waals surface area contributed by atoms with Gasteiger partial charge in [-0.15, -0.1) is 0 Å². The Morgan fingerprint density at radius 3 is 2.64 bits per heavy atom. The summed E-state index contributed by atoms with van der Waals surface area (Å²) in [6.07, 6.45) is 0.217. The fraction of sp³-hybridized carbons (Fsp3) is 0.556. The van der Waals surface area contributed by atoms with Crippen LogP contribution in [-0.4, -0.2) is 30.0 Å². The molecule has 0 aliphatic heterocycles. The Morgan fingerprint density at radius 2 is 2.09 bits per heavy atom. The molecule has 4 nitrogen and oxygen atoms in total. The second-order valence-electron chi connectivity index (χ2n) is 6.46. The van der Waals surface area contributed by atoms with E-state index < -0.39 is 6.10 Å². The quantitative estimate of drug-likeness (QED) is 0.756. The van der Waals surface area contributed by atoms with Gasteiger partial charge in [0.1, 0.15) is 12.3 Å². The number of hydrogen-bond acceptors (Lipinski definition) is 3. The topological polar surface area (TPSA) is 53.3 Å². The van der Waals surface area contributed by atoms with Crippen LogP contribution in [0.15, 0.2) is 24.3 Å². The van der Waals surface area contributed by atoms with Gasteiger partial charge in [0, 0.05) is 6.54 Å². The normalized spacial score (nSPS) is 12.4. The van der Waals surface area contributed by atoms with Crippen LogP contribution in [0.3, 0.4) is 0 Å². The van der Waals surface area contributed by atoms with Crippen molar-refractivity contribution < 1.29 is 9.53 Å². The van der Waals surface area contributed by atoms with Crippen LogP contribution in [0, 0.1) is 11.3 Å². The zero-order chi connectivity index (χ0) is 16.8. The molecule has 0 saturated heterocycles. The van der Waals surface area contributed by atoms with E-state index in [0.29, 0.717) is 12.3 Å². The first kappa shape index (κ1) is 18.0. The maximum atomic E-state index is 12.4. The molecule has 1 rings (SSSR count). The summed E-state index contributed by atoms with van der Waals surface area (Å²) in [6, 6.07) is 9.85. The standard InChI is InChI=1S/C18H26N2O2/c1-6-11-20(12-10-19)17(21)14(2)22-16-9-7-8-15(13-16)18(3,4)5/h7-9,13-14H,6,11-12H2,1-5H3. The number of carbonyl (C=O) groups excluding carboxylic acids is 1. The molecule has 4 heteroatoms. The summed E-state index contributed by atoms with van der Waals surface area (Å²) in [5, 5.41) is 8.82. The largest absolute Gasteiger partial charge is 0.481 e. The highest BCUT2D eigenvalue weighted by molar-refractivity contribution is 5.81. The molecule has 0 N–H and O–H groups in total. The Kier molecular flexibility index (Phi) is 6.42. The average molecular weight is 302 g/mol. The molecule has 22 heavy (non-hydrogen) atoms. The first-order valence-corrected chi connectivity index (χ1v) is 7.72. The van der Waals surface area contributed by atoms with E-state index in [9.17, 15) is 4.79 Å². The molecule has 120 valence electrons. The number of benzene rings is 1. The number of nitriles is 1. The highest BCUT2D eigenvalue weighted by atomic mass is 16.5. The minimum absolute atomic E-state index is 0.0294. The van der Waals surface area contributed by atoms with Gasteiger partial charge in [0.15, 0.2) is 6.10 Å². The second-order valence-corrected chi connectivity index (χ2v) is 6.46. The molecule has 0 radical (unpaired) electrons. The molecule has 1 atom stereocenters. The van der Waals surface area contributed by atoms with Crippen molar-refractivity contribution in [3.63, 3.8) is 0 Å². The van der Waals surface area contributed by atoms with Crippen LogP contribution in [0.5, 0.6) is 5.75 Å². The van der Waals surface area contributed by atoms with Gasteiger partial charge in [-0.25, -0.2) is 0 Å². The molecule has 0 aliphatic rings. The van der Waals surface area contributed by atoms with Crippen molar-refractivity contribution in [2.75, 3.05) is 13.1 Å². The van der Waals surface area contributed by atoms with E-state index in [1.165, 1.54) is 4.90 Å². The van der Waals surface area contributed by atoms with Gasteiger partial charge in [-0.2, -0.15) is 5.26 Å². The van der Waals surface area contributed by atoms with Crippen LogP contribution in [0.25, 0.3) is 0 Å². The molecule has 0 fully saturated rings. The lowest BCUT2D eigenvalue weighted by atomic mass is 9.87. The summed E-state index contributed by atoms with van der Waals surface area (Å²) in [6.45, 7) is 10.8. The van der Waals surface area contributed by atoms with Crippen LogP contribution in [0.4, 0.5) is 0 Å². The fourth-order valence-electron chi connectivity index (χ4n) is 2.17. The highest BCUT2D eigenvalue weighted by Gasteiger charge is 2.22. The van der Waals surface area contributed by atoms with Gasteiger partial charge in [-0.05, 0) is 36.5 Å². The van der Waals surface area contributed by atoms with Crippen molar-refractivity contribution in [2.45, 2.75) is 52.6 Å². The Hall–Kier alpha value is -2.02. The summed E-state index contributed by atoms with van der Waals surface area (Å²) in [5.41, 5.74) is 1.19. The molecular formula is C18H26N2O2. The van der Waals surface area contributed by atoms with Crippen LogP contribution in [0.1, 0.15) is 46.6 Å². The predicted molar refractivity (Wildman–Crippen MR) is 87.7 cm³/mol. The predicted octanol–water partition coefficient (Wildman–Crippen LogP) is 3.51. The van der Waals surface area contributed by atoms with E-state index in [1.807, 2.05) is 31.2 Å². The van der Waals surface area contributed by atoms with Gasteiger partial charge >= 0.3 is 0 Å². The third-order valence-corrected chi connectivity index (χ3v) is 3.43. The van der Waals surface area contributed by atoms with Gasteiger partial charge < -0.3 is 9.64 Å². The molecule has 0 heterocycles. The zero-order valence-corrected chi connectivity index (χ0v) is 14.2. The summed E-state index contributed by atoms with van der Waals surface area (Å²) in [4.78, 5) is 13.9. The number of hydrogen-bond donors (Lipinski definition) is 0. The minimum Gasteiger partial charge on any atom is -0.481 e. The van der Waals surface area contributed by atoms with Gasteiger partial charge in [0.2, 0.25) is 0 Å². The van der Waals surface area contributed by atoms with Gasteiger partial charge in [-0.3, -0.25) is 4.79 Å². The van der Waals surface area contributed by atoms with Crippen LogP contribution in [-0.2, 0) is 10.2 Å².